The van der Waals surface area contributed by atoms with Crippen LogP contribution in [0.2, 0.25) is 0 Å². The third-order valence-corrected chi connectivity index (χ3v) is 3.82. The number of aromatic amines is 1. The van der Waals surface area contributed by atoms with Crippen LogP contribution < -0.4 is 5.32 Å². The zero-order valence-electron chi connectivity index (χ0n) is 11.4. The molecule has 0 spiro atoms. The van der Waals surface area contributed by atoms with Gasteiger partial charge in [0.05, 0.1) is 5.52 Å². The van der Waals surface area contributed by atoms with Crippen LogP contribution in [0.3, 0.4) is 0 Å². The monoisotopic (exact) mass is 264 g/mol. The molecule has 0 saturated carbocycles. The van der Waals surface area contributed by atoms with Gasteiger partial charge < -0.3 is 10.3 Å². The van der Waals surface area contributed by atoms with E-state index in [1.165, 1.54) is 23.2 Å². The standard InChI is InChI=1S/C16H16N4/c1-10-8-14-16(18-9-10)20-15(19-14)12-4-2-6-13-11(12)5-3-7-17-13/h2,4,6,8-9,17H,3,5,7H2,1H3,(H,18,19,20). The molecule has 2 aromatic heterocycles. The molecule has 1 aliphatic heterocycles. The first-order valence-corrected chi connectivity index (χ1v) is 7.00. The summed E-state index contributed by atoms with van der Waals surface area (Å²) < 4.78 is 0. The molecule has 0 atom stereocenters. The molecule has 0 aliphatic carbocycles. The summed E-state index contributed by atoms with van der Waals surface area (Å²) in [5, 5.41) is 3.46. The Bertz CT molecular complexity index is 788. The third kappa shape index (κ3) is 1.76. The van der Waals surface area contributed by atoms with Crippen molar-refractivity contribution in [2.75, 3.05) is 11.9 Å². The Morgan fingerprint density at radius 2 is 2.20 bits per heavy atom. The van der Waals surface area contributed by atoms with Crippen molar-refractivity contribution in [3.8, 4) is 11.4 Å². The first-order chi connectivity index (χ1) is 9.81. The number of anilines is 1. The molecule has 20 heavy (non-hydrogen) atoms. The summed E-state index contributed by atoms with van der Waals surface area (Å²) in [5.74, 6) is 0.915. The smallest absolute Gasteiger partial charge is 0.178 e. The fourth-order valence-electron chi connectivity index (χ4n) is 2.86. The van der Waals surface area contributed by atoms with Gasteiger partial charge in [0.25, 0.3) is 0 Å². The van der Waals surface area contributed by atoms with Crippen molar-refractivity contribution in [2.24, 2.45) is 0 Å². The second-order valence-electron chi connectivity index (χ2n) is 5.33. The minimum absolute atomic E-state index is 0.784. The molecule has 0 saturated heterocycles. The summed E-state index contributed by atoms with van der Waals surface area (Å²) in [5.41, 5.74) is 6.70. The quantitative estimate of drug-likeness (QED) is 0.709. The van der Waals surface area contributed by atoms with E-state index in [1.807, 2.05) is 13.1 Å². The number of benzene rings is 1. The molecule has 0 radical (unpaired) electrons. The van der Waals surface area contributed by atoms with Crippen LogP contribution in [-0.4, -0.2) is 21.5 Å². The van der Waals surface area contributed by atoms with Gasteiger partial charge in [0.1, 0.15) is 5.82 Å². The van der Waals surface area contributed by atoms with Crippen molar-refractivity contribution in [3.05, 3.63) is 41.6 Å². The Hall–Kier alpha value is -2.36. The average Bonchev–Trinajstić information content (AvgIpc) is 2.89. The number of hydrogen-bond acceptors (Lipinski definition) is 3. The van der Waals surface area contributed by atoms with E-state index in [-0.39, 0.29) is 0 Å². The summed E-state index contributed by atoms with van der Waals surface area (Å²) >= 11 is 0. The van der Waals surface area contributed by atoms with E-state index in [0.29, 0.717) is 0 Å². The Balaban J connectivity index is 1.90. The number of nitrogens with one attached hydrogen (secondary N) is 2. The minimum atomic E-state index is 0.784. The van der Waals surface area contributed by atoms with Gasteiger partial charge in [0.2, 0.25) is 0 Å². The zero-order chi connectivity index (χ0) is 13.5. The fourth-order valence-corrected chi connectivity index (χ4v) is 2.86. The largest absolute Gasteiger partial charge is 0.385 e. The molecule has 4 heteroatoms. The number of H-pyrrole nitrogens is 1. The van der Waals surface area contributed by atoms with E-state index in [2.05, 4.69) is 44.5 Å². The van der Waals surface area contributed by atoms with Crippen molar-refractivity contribution < 1.29 is 0 Å². The predicted molar refractivity (Wildman–Crippen MR) is 80.9 cm³/mol. The van der Waals surface area contributed by atoms with E-state index < -0.39 is 0 Å². The number of nitrogens with zero attached hydrogens (tertiary/aromatic N) is 2. The third-order valence-electron chi connectivity index (χ3n) is 3.82. The Labute approximate surface area is 117 Å². The maximum Gasteiger partial charge on any atom is 0.178 e. The van der Waals surface area contributed by atoms with Crippen molar-refractivity contribution in [1.29, 1.82) is 0 Å². The normalized spacial score (nSPS) is 14.1. The summed E-state index contributed by atoms with van der Waals surface area (Å²) in [4.78, 5) is 12.4. The van der Waals surface area contributed by atoms with Crippen molar-refractivity contribution in [3.63, 3.8) is 0 Å². The van der Waals surface area contributed by atoms with Crippen molar-refractivity contribution in [1.82, 2.24) is 15.0 Å². The second kappa shape index (κ2) is 4.34. The SMILES string of the molecule is Cc1cnc2nc(-c3cccc4c3CCCN4)[nH]c2c1. The number of hydrogen-bond donors (Lipinski definition) is 2. The summed E-state index contributed by atoms with van der Waals surface area (Å²) in [6.07, 6.45) is 4.12. The number of fused-ring (bicyclic) bond motifs is 2. The first kappa shape index (κ1) is 11.5. The maximum absolute atomic E-state index is 4.64. The molecule has 3 heterocycles. The molecule has 4 nitrogen and oxygen atoms in total. The van der Waals surface area contributed by atoms with Gasteiger partial charge in [-0.15, -0.1) is 0 Å². The lowest BCUT2D eigenvalue weighted by Gasteiger charge is -2.20. The molecule has 100 valence electrons. The van der Waals surface area contributed by atoms with Crippen LogP contribution in [0.5, 0.6) is 0 Å². The Morgan fingerprint density at radius 1 is 1.25 bits per heavy atom. The topological polar surface area (TPSA) is 53.6 Å². The highest BCUT2D eigenvalue weighted by atomic mass is 15.0. The van der Waals surface area contributed by atoms with E-state index in [1.54, 1.807) is 0 Å². The Morgan fingerprint density at radius 3 is 3.15 bits per heavy atom. The van der Waals surface area contributed by atoms with E-state index in [0.717, 1.165) is 35.5 Å². The number of aromatic nitrogens is 3. The molecular weight excluding hydrogens is 248 g/mol. The van der Waals surface area contributed by atoms with Gasteiger partial charge in [-0.25, -0.2) is 9.97 Å². The summed E-state index contributed by atoms with van der Waals surface area (Å²) in [7, 11) is 0. The molecule has 1 aliphatic rings. The number of rotatable bonds is 1. The Kier molecular flexibility index (Phi) is 2.49. The molecule has 0 unspecified atom stereocenters. The molecule has 0 amide bonds. The van der Waals surface area contributed by atoms with Crippen LogP contribution in [0.15, 0.2) is 30.5 Å². The van der Waals surface area contributed by atoms with Crippen LogP contribution in [0, 0.1) is 6.92 Å². The number of imidazole rings is 1. The van der Waals surface area contributed by atoms with Crippen LogP contribution in [0.1, 0.15) is 17.5 Å². The number of aryl methyl sites for hydroxylation is 1. The van der Waals surface area contributed by atoms with Gasteiger partial charge in [-0.1, -0.05) is 12.1 Å². The van der Waals surface area contributed by atoms with Crippen LogP contribution in [0.4, 0.5) is 5.69 Å². The lowest BCUT2D eigenvalue weighted by atomic mass is 9.97. The molecule has 0 bridgehead atoms. The molecule has 0 fully saturated rings. The summed E-state index contributed by atoms with van der Waals surface area (Å²) in [6.45, 7) is 3.10. The molecule has 1 aromatic carbocycles. The lowest BCUT2D eigenvalue weighted by molar-refractivity contribution is 0.831. The average molecular weight is 264 g/mol. The molecule has 3 aromatic rings. The predicted octanol–water partition coefficient (Wildman–Crippen LogP) is 3.29. The highest BCUT2D eigenvalue weighted by molar-refractivity contribution is 5.79. The zero-order valence-corrected chi connectivity index (χ0v) is 11.4. The van der Waals surface area contributed by atoms with Gasteiger partial charge in [0.15, 0.2) is 5.65 Å². The van der Waals surface area contributed by atoms with Crippen molar-refractivity contribution >= 4 is 16.9 Å². The second-order valence-corrected chi connectivity index (χ2v) is 5.33. The van der Waals surface area contributed by atoms with Crippen LogP contribution in [0.25, 0.3) is 22.6 Å². The van der Waals surface area contributed by atoms with Crippen LogP contribution in [-0.2, 0) is 6.42 Å². The molecule has 2 N–H and O–H groups in total. The highest BCUT2D eigenvalue weighted by Gasteiger charge is 2.16. The van der Waals surface area contributed by atoms with Gasteiger partial charge >= 0.3 is 0 Å². The first-order valence-electron chi connectivity index (χ1n) is 7.00. The van der Waals surface area contributed by atoms with E-state index >= 15 is 0 Å². The van der Waals surface area contributed by atoms with Gasteiger partial charge in [0, 0.05) is 24.0 Å². The van der Waals surface area contributed by atoms with Crippen LogP contribution >= 0.6 is 0 Å². The van der Waals surface area contributed by atoms with Crippen molar-refractivity contribution in [2.45, 2.75) is 19.8 Å². The maximum atomic E-state index is 4.64. The molecular formula is C16H16N4. The fraction of sp³-hybridized carbons (Fsp3) is 0.250. The summed E-state index contributed by atoms with van der Waals surface area (Å²) in [6, 6.07) is 8.45. The lowest BCUT2D eigenvalue weighted by Crippen LogP contribution is -2.12. The molecule has 4 rings (SSSR count). The van der Waals surface area contributed by atoms with E-state index in [9.17, 15) is 0 Å². The van der Waals surface area contributed by atoms with Gasteiger partial charge in [-0.05, 0) is 43.0 Å². The van der Waals surface area contributed by atoms with Gasteiger partial charge in [-0.3, -0.25) is 0 Å². The number of pyridine rings is 1. The van der Waals surface area contributed by atoms with Gasteiger partial charge in [-0.2, -0.15) is 0 Å². The highest BCUT2D eigenvalue weighted by Crippen LogP contribution is 2.31. The minimum Gasteiger partial charge on any atom is -0.385 e. The van der Waals surface area contributed by atoms with E-state index in [4.69, 9.17) is 0 Å².